The minimum atomic E-state index is -0.192. The third-order valence-corrected chi connectivity index (χ3v) is 4.38. The van der Waals surface area contributed by atoms with Crippen LogP contribution in [0.5, 0.6) is 0 Å². The van der Waals surface area contributed by atoms with E-state index in [0.29, 0.717) is 6.42 Å². The zero-order valence-corrected chi connectivity index (χ0v) is 12.5. The number of hydrogen-bond acceptors (Lipinski definition) is 3. The smallest absolute Gasteiger partial charge is 0.0906 e. The number of piperazine rings is 1. The molecule has 1 aliphatic heterocycles. The first-order valence-corrected chi connectivity index (χ1v) is 8.18. The first kappa shape index (κ1) is 14.8. The van der Waals surface area contributed by atoms with Gasteiger partial charge >= 0.3 is 0 Å². The van der Waals surface area contributed by atoms with E-state index >= 15 is 0 Å². The lowest BCUT2D eigenvalue weighted by Gasteiger charge is -2.34. The van der Waals surface area contributed by atoms with Gasteiger partial charge in [0, 0.05) is 44.2 Å². The summed E-state index contributed by atoms with van der Waals surface area (Å²) in [5.74, 6) is 0. The van der Waals surface area contributed by atoms with Crippen LogP contribution >= 0.6 is 11.8 Å². The number of nitrogens with zero attached hydrogens (tertiary/aromatic N) is 2. The molecular formula is C15H23FN2S. The van der Waals surface area contributed by atoms with Crippen molar-refractivity contribution in [3.8, 4) is 0 Å². The van der Waals surface area contributed by atoms with Gasteiger partial charge in [0.15, 0.2) is 0 Å². The van der Waals surface area contributed by atoms with Gasteiger partial charge in [-0.05, 0) is 30.4 Å². The van der Waals surface area contributed by atoms with E-state index in [-0.39, 0.29) is 6.67 Å². The fourth-order valence-corrected chi connectivity index (χ4v) is 2.85. The van der Waals surface area contributed by atoms with E-state index in [1.54, 1.807) is 11.8 Å². The number of rotatable bonds is 6. The van der Waals surface area contributed by atoms with Gasteiger partial charge in [0.25, 0.3) is 0 Å². The normalized spacial score (nSPS) is 17.8. The van der Waals surface area contributed by atoms with Gasteiger partial charge in [-0.25, -0.2) is 0 Å². The Morgan fingerprint density at radius 3 is 2.26 bits per heavy atom. The van der Waals surface area contributed by atoms with Crippen LogP contribution in [0.15, 0.2) is 29.2 Å². The molecule has 1 saturated heterocycles. The first-order chi connectivity index (χ1) is 9.31. The Labute approximate surface area is 120 Å². The number of thioether (sulfide) groups is 1. The maximum Gasteiger partial charge on any atom is 0.0906 e. The summed E-state index contributed by atoms with van der Waals surface area (Å²) >= 11 is 1.78. The lowest BCUT2D eigenvalue weighted by Crippen LogP contribution is -2.46. The highest BCUT2D eigenvalue weighted by molar-refractivity contribution is 7.98. The minimum absolute atomic E-state index is 0.192. The quantitative estimate of drug-likeness (QED) is 0.741. The highest BCUT2D eigenvalue weighted by Gasteiger charge is 2.16. The summed E-state index contributed by atoms with van der Waals surface area (Å²) in [5, 5.41) is 0. The van der Waals surface area contributed by atoms with Crippen LogP contribution in [0, 0.1) is 0 Å². The second-order valence-electron chi connectivity index (χ2n) is 5.01. The van der Waals surface area contributed by atoms with Crippen LogP contribution in [-0.4, -0.2) is 55.5 Å². The topological polar surface area (TPSA) is 6.48 Å². The summed E-state index contributed by atoms with van der Waals surface area (Å²) in [4.78, 5) is 6.17. The fraction of sp³-hybridized carbons (Fsp3) is 0.600. The Balaban J connectivity index is 1.75. The molecule has 0 aromatic heterocycles. The van der Waals surface area contributed by atoms with Crippen molar-refractivity contribution in [3.63, 3.8) is 0 Å². The molecule has 106 valence electrons. The van der Waals surface area contributed by atoms with E-state index in [4.69, 9.17) is 0 Å². The van der Waals surface area contributed by atoms with E-state index in [0.717, 1.165) is 39.3 Å². The van der Waals surface area contributed by atoms with Crippen LogP contribution in [0.25, 0.3) is 0 Å². The predicted octanol–water partition coefficient (Wildman–Crippen LogP) is 2.89. The van der Waals surface area contributed by atoms with E-state index in [1.807, 2.05) is 0 Å². The van der Waals surface area contributed by atoms with Gasteiger partial charge in [0.2, 0.25) is 0 Å². The number of halogens is 1. The Hall–Kier alpha value is -0.580. The number of alkyl halides is 1. The highest BCUT2D eigenvalue weighted by atomic mass is 32.2. The molecule has 0 atom stereocenters. The lowest BCUT2D eigenvalue weighted by atomic mass is 10.2. The van der Waals surface area contributed by atoms with E-state index in [1.165, 1.54) is 10.5 Å². The highest BCUT2D eigenvalue weighted by Crippen LogP contribution is 2.16. The van der Waals surface area contributed by atoms with Crippen molar-refractivity contribution in [1.82, 2.24) is 9.80 Å². The standard InChI is InChI=1S/C15H23FN2S/c1-19-15-5-3-14(4-6-15)13-18-11-9-17(10-12-18)8-2-7-16/h3-6H,2,7-13H2,1H3. The van der Waals surface area contributed by atoms with Crippen LogP contribution in [-0.2, 0) is 6.54 Å². The minimum Gasteiger partial charge on any atom is -0.301 e. The van der Waals surface area contributed by atoms with Crippen molar-refractivity contribution in [3.05, 3.63) is 29.8 Å². The molecule has 1 aromatic rings. The molecule has 0 unspecified atom stereocenters. The second kappa shape index (κ2) is 7.88. The van der Waals surface area contributed by atoms with Gasteiger partial charge in [-0.3, -0.25) is 9.29 Å². The zero-order valence-electron chi connectivity index (χ0n) is 11.6. The number of benzene rings is 1. The van der Waals surface area contributed by atoms with Gasteiger partial charge in [-0.2, -0.15) is 0 Å². The molecule has 19 heavy (non-hydrogen) atoms. The summed E-state index contributed by atoms with van der Waals surface area (Å²) in [7, 11) is 0. The van der Waals surface area contributed by atoms with Crippen LogP contribution in [0.1, 0.15) is 12.0 Å². The number of hydrogen-bond donors (Lipinski definition) is 0. The Morgan fingerprint density at radius 1 is 1.05 bits per heavy atom. The van der Waals surface area contributed by atoms with Crippen molar-refractivity contribution in [2.24, 2.45) is 0 Å². The fourth-order valence-electron chi connectivity index (χ4n) is 2.44. The first-order valence-electron chi connectivity index (χ1n) is 6.95. The summed E-state index contributed by atoms with van der Waals surface area (Å²) in [5.41, 5.74) is 1.38. The van der Waals surface area contributed by atoms with Crippen LogP contribution < -0.4 is 0 Å². The molecule has 1 heterocycles. The SMILES string of the molecule is CSc1ccc(CN2CCN(CCCF)CC2)cc1. The molecule has 0 bridgehead atoms. The van der Waals surface area contributed by atoms with Crippen LogP contribution in [0.3, 0.4) is 0 Å². The molecule has 2 rings (SSSR count). The molecule has 0 spiro atoms. The van der Waals surface area contributed by atoms with Gasteiger partial charge in [-0.1, -0.05) is 12.1 Å². The molecule has 2 nitrogen and oxygen atoms in total. The summed E-state index contributed by atoms with van der Waals surface area (Å²) in [6.07, 6.45) is 2.78. The average molecular weight is 282 g/mol. The zero-order chi connectivity index (χ0) is 13.5. The average Bonchev–Trinajstić information content (AvgIpc) is 2.47. The van der Waals surface area contributed by atoms with Gasteiger partial charge in [0.1, 0.15) is 0 Å². The van der Waals surface area contributed by atoms with Crippen molar-refractivity contribution < 1.29 is 4.39 Å². The van der Waals surface area contributed by atoms with Crippen molar-refractivity contribution in [1.29, 1.82) is 0 Å². The molecule has 1 aliphatic rings. The summed E-state index contributed by atoms with van der Waals surface area (Å²) in [6.45, 7) is 6.08. The maximum atomic E-state index is 12.1. The summed E-state index contributed by atoms with van der Waals surface area (Å²) in [6, 6.07) is 8.83. The molecule has 4 heteroatoms. The molecule has 0 amide bonds. The molecule has 1 aromatic carbocycles. The maximum absolute atomic E-state index is 12.1. The van der Waals surface area contributed by atoms with Gasteiger partial charge in [0.05, 0.1) is 6.67 Å². The van der Waals surface area contributed by atoms with Crippen LogP contribution in [0.2, 0.25) is 0 Å². The molecular weight excluding hydrogens is 259 g/mol. The molecule has 1 fully saturated rings. The van der Waals surface area contributed by atoms with Gasteiger partial charge in [-0.15, -0.1) is 11.8 Å². The largest absolute Gasteiger partial charge is 0.301 e. The third kappa shape index (κ3) is 4.79. The second-order valence-corrected chi connectivity index (χ2v) is 5.89. The Bertz CT molecular complexity index is 361. The molecule has 0 aliphatic carbocycles. The predicted molar refractivity (Wildman–Crippen MR) is 80.5 cm³/mol. The van der Waals surface area contributed by atoms with Crippen molar-refractivity contribution >= 4 is 11.8 Å². The lowest BCUT2D eigenvalue weighted by molar-refractivity contribution is 0.124. The van der Waals surface area contributed by atoms with E-state index in [9.17, 15) is 4.39 Å². The molecule has 0 radical (unpaired) electrons. The third-order valence-electron chi connectivity index (χ3n) is 3.64. The Kier molecular flexibility index (Phi) is 6.14. The molecule has 0 saturated carbocycles. The van der Waals surface area contributed by atoms with Crippen molar-refractivity contribution in [2.45, 2.75) is 17.9 Å². The van der Waals surface area contributed by atoms with Crippen molar-refractivity contribution in [2.75, 3.05) is 45.7 Å². The summed E-state index contributed by atoms with van der Waals surface area (Å²) < 4.78 is 12.1. The van der Waals surface area contributed by atoms with E-state index in [2.05, 4.69) is 40.3 Å². The van der Waals surface area contributed by atoms with Crippen LogP contribution in [0.4, 0.5) is 4.39 Å². The molecule has 0 N–H and O–H groups in total. The van der Waals surface area contributed by atoms with Gasteiger partial charge < -0.3 is 4.90 Å². The Morgan fingerprint density at radius 2 is 1.68 bits per heavy atom. The van der Waals surface area contributed by atoms with E-state index < -0.39 is 0 Å². The monoisotopic (exact) mass is 282 g/mol.